The number of rotatable bonds is 8. The Labute approximate surface area is 199 Å². The van der Waals surface area contributed by atoms with Crippen molar-refractivity contribution in [3.05, 3.63) is 76.5 Å². The van der Waals surface area contributed by atoms with Gasteiger partial charge in [-0.05, 0) is 56.4 Å². The second-order valence-corrected chi connectivity index (χ2v) is 9.76. The molecule has 1 amide bonds. The highest BCUT2D eigenvalue weighted by atomic mass is 79.9. The monoisotopic (exact) mass is 493 g/mol. The average Bonchev–Trinajstić information content (AvgIpc) is 3.39. The fraction of sp³-hybridized carbons (Fsp3) is 0.407. The Morgan fingerprint density at radius 2 is 1.72 bits per heavy atom. The SMILES string of the molecule is CCC(C)N(C(=O)CCC1(c2ccc(Br)cc2)c2ccccc2-c2nccn21)C(C)CC. The molecule has 2 aromatic carbocycles. The first-order chi connectivity index (χ1) is 15.4. The smallest absolute Gasteiger partial charge is 0.223 e. The number of benzene rings is 2. The largest absolute Gasteiger partial charge is 0.337 e. The Morgan fingerprint density at radius 3 is 2.38 bits per heavy atom. The lowest BCUT2D eigenvalue weighted by Gasteiger charge is -2.37. The predicted molar refractivity (Wildman–Crippen MR) is 134 cm³/mol. The number of imidazole rings is 1. The molecule has 1 aromatic heterocycles. The van der Waals surface area contributed by atoms with E-state index in [-0.39, 0.29) is 18.0 Å². The van der Waals surface area contributed by atoms with Gasteiger partial charge in [0.05, 0.1) is 5.54 Å². The van der Waals surface area contributed by atoms with Gasteiger partial charge in [-0.1, -0.05) is 66.2 Å². The standard InChI is InChI=1S/C27H32BrN3O/c1-5-19(3)31(20(4)6-2)25(32)15-16-27(21-11-13-22(28)14-12-21)24-10-8-7-9-23(24)26-29-17-18-30(26)27/h7-14,17-20H,5-6,15-16H2,1-4H3. The van der Waals surface area contributed by atoms with E-state index in [9.17, 15) is 4.79 Å². The van der Waals surface area contributed by atoms with Gasteiger partial charge in [-0.3, -0.25) is 4.79 Å². The summed E-state index contributed by atoms with van der Waals surface area (Å²) in [5, 5.41) is 0. The van der Waals surface area contributed by atoms with Crippen molar-refractivity contribution >= 4 is 21.8 Å². The van der Waals surface area contributed by atoms with E-state index < -0.39 is 5.54 Å². The normalized spacial score (nSPS) is 18.7. The number of hydrogen-bond acceptors (Lipinski definition) is 2. The number of halogens is 1. The molecule has 168 valence electrons. The van der Waals surface area contributed by atoms with Crippen LogP contribution in [-0.2, 0) is 10.3 Å². The summed E-state index contributed by atoms with van der Waals surface area (Å²) in [6.07, 6.45) is 7.02. The number of nitrogens with zero attached hydrogens (tertiary/aromatic N) is 3. The van der Waals surface area contributed by atoms with Crippen LogP contribution in [0.3, 0.4) is 0 Å². The zero-order valence-electron chi connectivity index (χ0n) is 19.4. The van der Waals surface area contributed by atoms with Crippen LogP contribution in [0.15, 0.2) is 65.4 Å². The quantitative estimate of drug-likeness (QED) is 0.353. The van der Waals surface area contributed by atoms with Crippen LogP contribution in [0.5, 0.6) is 0 Å². The molecule has 0 saturated heterocycles. The third-order valence-electron chi connectivity index (χ3n) is 7.11. The summed E-state index contributed by atoms with van der Waals surface area (Å²) in [6, 6.07) is 17.5. The highest BCUT2D eigenvalue weighted by molar-refractivity contribution is 9.10. The maximum absolute atomic E-state index is 13.6. The second kappa shape index (κ2) is 9.22. The molecule has 0 bridgehead atoms. The molecule has 0 N–H and O–H groups in total. The van der Waals surface area contributed by atoms with Gasteiger partial charge in [-0.2, -0.15) is 0 Å². The van der Waals surface area contributed by atoms with Gasteiger partial charge in [0.2, 0.25) is 5.91 Å². The van der Waals surface area contributed by atoms with Crippen molar-refractivity contribution in [3.8, 4) is 11.4 Å². The zero-order chi connectivity index (χ0) is 22.9. The lowest BCUT2D eigenvalue weighted by Crippen LogP contribution is -2.45. The summed E-state index contributed by atoms with van der Waals surface area (Å²) in [6.45, 7) is 8.63. The summed E-state index contributed by atoms with van der Waals surface area (Å²) in [7, 11) is 0. The average molecular weight is 494 g/mol. The molecule has 32 heavy (non-hydrogen) atoms. The lowest BCUT2D eigenvalue weighted by molar-refractivity contribution is -0.136. The van der Waals surface area contributed by atoms with Crippen LogP contribution in [0.1, 0.15) is 64.5 Å². The van der Waals surface area contributed by atoms with Gasteiger partial charge >= 0.3 is 0 Å². The van der Waals surface area contributed by atoms with E-state index in [1.54, 1.807) is 0 Å². The predicted octanol–water partition coefficient (Wildman–Crippen LogP) is 6.62. The molecule has 0 saturated carbocycles. The number of amides is 1. The number of hydrogen-bond donors (Lipinski definition) is 0. The molecule has 5 heteroatoms. The molecule has 3 unspecified atom stereocenters. The van der Waals surface area contributed by atoms with Gasteiger partial charge in [0, 0.05) is 40.9 Å². The van der Waals surface area contributed by atoms with Crippen LogP contribution in [0, 0.1) is 0 Å². The van der Waals surface area contributed by atoms with Crippen LogP contribution in [0.4, 0.5) is 0 Å². The van der Waals surface area contributed by atoms with Crippen LogP contribution in [-0.4, -0.2) is 32.4 Å². The second-order valence-electron chi connectivity index (χ2n) is 8.85. The number of aromatic nitrogens is 2. The maximum atomic E-state index is 13.6. The molecule has 1 aliphatic heterocycles. The van der Waals surface area contributed by atoms with Crippen LogP contribution in [0.2, 0.25) is 0 Å². The Bertz CT molecular complexity index is 1080. The molecule has 0 radical (unpaired) electrons. The zero-order valence-corrected chi connectivity index (χ0v) is 21.0. The number of fused-ring (bicyclic) bond motifs is 3. The van der Waals surface area contributed by atoms with E-state index in [0.717, 1.165) is 28.7 Å². The van der Waals surface area contributed by atoms with Gasteiger partial charge in [-0.15, -0.1) is 0 Å². The fourth-order valence-electron chi connectivity index (χ4n) is 5.14. The Morgan fingerprint density at radius 1 is 1.06 bits per heavy atom. The van der Waals surface area contributed by atoms with Gasteiger partial charge in [-0.25, -0.2) is 4.98 Å². The minimum absolute atomic E-state index is 0.233. The van der Waals surface area contributed by atoms with E-state index in [2.05, 4.69) is 113 Å². The minimum Gasteiger partial charge on any atom is -0.337 e. The molecule has 0 aliphatic carbocycles. The van der Waals surface area contributed by atoms with Crippen molar-refractivity contribution in [3.63, 3.8) is 0 Å². The molecular weight excluding hydrogens is 462 g/mol. The molecule has 3 aromatic rings. The topological polar surface area (TPSA) is 38.1 Å². The Kier molecular flexibility index (Phi) is 6.57. The molecule has 0 fully saturated rings. The maximum Gasteiger partial charge on any atom is 0.223 e. The van der Waals surface area contributed by atoms with Gasteiger partial charge in [0.25, 0.3) is 0 Å². The summed E-state index contributed by atoms with van der Waals surface area (Å²) in [4.78, 5) is 20.4. The highest BCUT2D eigenvalue weighted by Gasteiger charge is 2.45. The fourth-order valence-corrected chi connectivity index (χ4v) is 5.40. The number of carbonyl (C=O) groups is 1. The molecular formula is C27H32BrN3O. The molecule has 2 heterocycles. The van der Waals surface area contributed by atoms with E-state index in [4.69, 9.17) is 0 Å². The summed E-state index contributed by atoms with van der Waals surface area (Å²) >= 11 is 3.58. The van der Waals surface area contributed by atoms with E-state index >= 15 is 0 Å². The Hall–Kier alpha value is -2.40. The van der Waals surface area contributed by atoms with Crippen molar-refractivity contribution in [1.82, 2.24) is 14.5 Å². The molecule has 4 rings (SSSR count). The van der Waals surface area contributed by atoms with E-state index in [1.165, 1.54) is 11.1 Å². The summed E-state index contributed by atoms with van der Waals surface area (Å²) in [5.41, 5.74) is 3.09. The molecule has 3 atom stereocenters. The van der Waals surface area contributed by atoms with Crippen molar-refractivity contribution in [2.75, 3.05) is 0 Å². The van der Waals surface area contributed by atoms with Gasteiger partial charge < -0.3 is 9.47 Å². The first-order valence-corrected chi connectivity index (χ1v) is 12.4. The molecule has 1 aliphatic rings. The number of carbonyl (C=O) groups excluding carboxylic acids is 1. The van der Waals surface area contributed by atoms with Crippen molar-refractivity contribution < 1.29 is 4.79 Å². The van der Waals surface area contributed by atoms with Crippen molar-refractivity contribution in [1.29, 1.82) is 0 Å². The first-order valence-electron chi connectivity index (χ1n) is 11.6. The van der Waals surface area contributed by atoms with Crippen molar-refractivity contribution in [2.24, 2.45) is 0 Å². The lowest BCUT2D eigenvalue weighted by atomic mass is 9.79. The van der Waals surface area contributed by atoms with Gasteiger partial charge in [0.1, 0.15) is 5.82 Å². The van der Waals surface area contributed by atoms with Crippen molar-refractivity contribution in [2.45, 2.75) is 71.0 Å². The third-order valence-corrected chi connectivity index (χ3v) is 7.64. The highest BCUT2D eigenvalue weighted by Crippen LogP contribution is 2.49. The van der Waals surface area contributed by atoms with Gasteiger partial charge in [0.15, 0.2) is 0 Å². The third kappa shape index (κ3) is 3.71. The van der Waals surface area contributed by atoms with E-state index in [0.29, 0.717) is 12.8 Å². The summed E-state index contributed by atoms with van der Waals surface area (Å²) in [5.74, 6) is 1.20. The first kappa shape index (κ1) is 22.8. The van der Waals surface area contributed by atoms with Crippen LogP contribution >= 0.6 is 15.9 Å². The summed E-state index contributed by atoms with van der Waals surface area (Å²) < 4.78 is 3.31. The van der Waals surface area contributed by atoms with Crippen LogP contribution < -0.4 is 0 Å². The minimum atomic E-state index is -0.449. The molecule has 0 spiro atoms. The molecule has 4 nitrogen and oxygen atoms in total. The Balaban J connectivity index is 1.78. The van der Waals surface area contributed by atoms with Crippen LogP contribution in [0.25, 0.3) is 11.4 Å². The van der Waals surface area contributed by atoms with E-state index in [1.807, 2.05) is 6.20 Å².